The highest BCUT2D eigenvalue weighted by molar-refractivity contribution is 5.69. The molecule has 0 aromatic rings. The van der Waals surface area contributed by atoms with E-state index in [-0.39, 0.29) is 12.0 Å². The first-order chi connectivity index (χ1) is 5.94. The molecule has 0 radical (unpaired) electrons. The van der Waals surface area contributed by atoms with Crippen molar-refractivity contribution in [3.63, 3.8) is 0 Å². The van der Waals surface area contributed by atoms with Crippen LogP contribution in [0.15, 0.2) is 0 Å². The standard InChI is InChI=1S/C10H19NO2/c1-10(2)5-7(6-10)8(11)4-9(12)13-3/h7-8H,4-6,11H2,1-3H3/t8-/m1/s1. The second-order valence-electron chi connectivity index (χ2n) is 4.78. The maximum absolute atomic E-state index is 10.9. The third-order valence-electron chi connectivity index (χ3n) is 2.87. The molecule has 0 unspecified atom stereocenters. The van der Waals surface area contributed by atoms with Gasteiger partial charge in [-0.05, 0) is 24.2 Å². The minimum Gasteiger partial charge on any atom is -0.469 e. The van der Waals surface area contributed by atoms with E-state index in [1.54, 1.807) is 0 Å². The highest BCUT2D eigenvalue weighted by Crippen LogP contribution is 2.46. The van der Waals surface area contributed by atoms with Gasteiger partial charge in [0.05, 0.1) is 13.5 Å². The zero-order chi connectivity index (χ0) is 10.1. The topological polar surface area (TPSA) is 52.3 Å². The maximum Gasteiger partial charge on any atom is 0.307 e. The van der Waals surface area contributed by atoms with Crippen molar-refractivity contribution in [1.82, 2.24) is 0 Å². The molecule has 76 valence electrons. The highest BCUT2D eigenvalue weighted by atomic mass is 16.5. The second-order valence-corrected chi connectivity index (χ2v) is 4.78. The van der Waals surface area contributed by atoms with Crippen molar-refractivity contribution in [3.05, 3.63) is 0 Å². The summed E-state index contributed by atoms with van der Waals surface area (Å²) in [5.41, 5.74) is 6.30. The van der Waals surface area contributed by atoms with E-state index in [0.717, 1.165) is 12.8 Å². The summed E-state index contributed by atoms with van der Waals surface area (Å²) in [6.07, 6.45) is 2.62. The predicted octanol–water partition coefficient (Wildman–Crippen LogP) is 1.31. The number of ether oxygens (including phenoxy) is 1. The molecule has 1 aliphatic carbocycles. The lowest BCUT2D eigenvalue weighted by Crippen LogP contribution is -2.44. The Morgan fingerprint density at radius 3 is 2.54 bits per heavy atom. The van der Waals surface area contributed by atoms with E-state index in [4.69, 9.17) is 5.73 Å². The average molecular weight is 185 g/mol. The molecule has 0 spiro atoms. The lowest BCUT2D eigenvalue weighted by atomic mass is 9.62. The van der Waals surface area contributed by atoms with Gasteiger partial charge in [-0.2, -0.15) is 0 Å². The van der Waals surface area contributed by atoms with Crippen LogP contribution in [0.25, 0.3) is 0 Å². The predicted molar refractivity (Wildman–Crippen MR) is 51.1 cm³/mol. The Labute approximate surface area is 79.6 Å². The molecule has 0 aromatic heterocycles. The van der Waals surface area contributed by atoms with Crippen LogP contribution >= 0.6 is 0 Å². The number of nitrogens with two attached hydrogens (primary N) is 1. The number of rotatable bonds is 3. The molecule has 0 saturated heterocycles. The van der Waals surface area contributed by atoms with Gasteiger partial charge in [-0.15, -0.1) is 0 Å². The minimum atomic E-state index is -0.197. The molecule has 0 bridgehead atoms. The second kappa shape index (κ2) is 3.66. The van der Waals surface area contributed by atoms with Crippen LogP contribution in [-0.2, 0) is 9.53 Å². The summed E-state index contributed by atoms with van der Waals surface area (Å²) < 4.78 is 4.57. The van der Waals surface area contributed by atoms with Crippen molar-refractivity contribution < 1.29 is 9.53 Å². The Hall–Kier alpha value is -0.570. The van der Waals surface area contributed by atoms with Crippen molar-refractivity contribution in [3.8, 4) is 0 Å². The first-order valence-electron chi connectivity index (χ1n) is 4.77. The van der Waals surface area contributed by atoms with Crippen molar-refractivity contribution in [1.29, 1.82) is 0 Å². The molecule has 13 heavy (non-hydrogen) atoms. The summed E-state index contributed by atoms with van der Waals surface area (Å²) in [6, 6.07) is -0.0134. The van der Waals surface area contributed by atoms with Crippen molar-refractivity contribution >= 4 is 5.97 Å². The molecule has 2 N–H and O–H groups in total. The molecule has 3 heteroatoms. The Morgan fingerprint density at radius 2 is 2.15 bits per heavy atom. The fourth-order valence-corrected chi connectivity index (χ4v) is 2.10. The minimum absolute atomic E-state index is 0.0134. The molecule has 0 aliphatic heterocycles. The Morgan fingerprint density at radius 1 is 1.62 bits per heavy atom. The number of carbonyl (C=O) groups is 1. The van der Waals surface area contributed by atoms with Crippen LogP contribution in [0.5, 0.6) is 0 Å². The molecule has 1 rings (SSSR count). The Balaban J connectivity index is 2.27. The summed E-state index contributed by atoms with van der Waals surface area (Å²) in [4.78, 5) is 10.9. The van der Waals surface area contributed by atoms with Gasteiger partial charge < -0.3 is 10.5 Å². The molecule has 0 heterocycles. The van der Waals surface area contributed by atoms with Crippen LogP contribution in [0, 0.1) is 11.3 Å². The van der Waals surface area contributed by atoms with E-state index in [2.05, 4.69) is 18.6 Å². The van der Waals surface area contributed by atoms with Crippen LogP contribution in [0.4, 0.5) is 0 Å². The van der Waals surface area contributed by atoms with Crippen molar-refractivity contribution in [2.45, 2.75) is 39.2 Å². The van der Waals surface area contributed by atoms with Crippen molar-refractivity contribution in [2.75, 3.05) is 7.11 Å². The van der Waals surface area contributed by atoms with Crippen LogP contribution in [-0.4, -0.2) is 19.1 Å². The maximum atomic E-state index is 10.9. The molecule has 1 fully saturated rings. The summed E-state index contributed by atoms with van der Waals surface area (Å²) in [5, 5.41) is 0. The van der Waals surface area contributed by atoms with Gasteiger partial charge in [0.15, 0.2) is 0 Å². The summed E-state index contributed by atoms with van der Waals surface area (Å²) in [7, 11) is 1.40. The molecule has 0 aromatic carbocycles. The monoisotopic (exact) mass is 185 g/mol. The summed E-state index contributed by atoms with van der Waals surface area (Å²) in [5.74, 6) is 0.311. The number of carbonyl (C=O) groups excluding carboxylic acids is 1. The molecule has 3 nitrogen and oxygen atoms in total. The van der Waals surface area contributed by atoms with Crippen LogP contribution in [0.1, 0.15) is 33.1 Å². The number of methoxy groups -OCH3 is 1. The van der Waals surface area contributed by atoms with E-state index in [0.29, 0.717) is 17.8 Å². The normalized spacial score (nSPS) is 23.4. The molecule has 1 saturated carbocycles. The fourth-order valence-electron chi connectivity index (χ4n) is 2.10. The third kappa shape index (κ3) is 2.69. The van der Waals surface area contributed by atoms with E-state index < -0.39 is 0 Å². The van der Waals surface area contributed by atoms with Gasteiger partial charge in [0.1, 0.15) is 0 Å². The van der Waals surface area contributed by atoms with E-state index in [1.807, 2.05) is 0 Å². The fraction of sp³-hybridized carbons (Fsp3) is 0.900. The zero-order valence-corrected chi connectivity index (χ0v) is 8.67. The molecule has 1 aliphatic rings. The number of esters is 1. The van der Waals surface area contributed by atoms with Gasteiger partial charge in [-0.25, -0.2) is 0 Å². The van der Waals surface area contributed by atoms with E-state index >= 15 is 0 Å². The number of hydrogen-bond donors (Lipinski definition) is 1. The van der Waals surface area contributed by atoms with Gasteiger partial charge in [0.2, 0.25) is 0 Å². The first-order valence-corrected chi connectivity index (χ1v) is 4.77. The van der Waals surface area contributed by atoms with Gasteiger partial charge in [0, 0.05) is 6.04 Å². The zero-order valence-electron chi connectivity index (χ0n) is 8.67. The van der Waals surface area contributed by atoms with Crippen LogP contribution < -0.4 is 5.73 Å². The average Bonchev–Trinajstić information content (AvgIpc) is 1.99. The Bertz CT molecular complexity index is 193. The molecule has 1 atom stereocenters. The number of hydrogen-bond acceptors (Lipinski definition) is 3. The Kier molecular flexibility index (Phi) is 2.96. The van der Waals surface area contributed by atoms with E-state index in [1.165, 1.54) is 7.11 Å². The van der Waals surface area contributed by atoms with Gasteiger partial charge in [-0.3, -0.25) is 4.79 Å². The van der Waals surface area contributed by atoms with E-state index in [9.17, 15) is 4.79 Å². The smallest absolute Gasteiger partial charge is 0.307 e. The summed E-state index contributed by atoms with van der Waals surface area (Å²) >= 11 is 0. The lowest BCUT2D eigenvalue weighted by molar-refractivity contribution is -0.141. The van der Waals surface area contributed by atoms with Crippen molar-refractivity contribution in [2.24, 2.45) is 17.1 Å². The molecule has 0 amide bonds. The SMILES string of the molecule is COC(=O)C[C@@H](N)C1CC(C)(C)C1. The molecular formula is C10H19NO2. The molecular weight excluding hydrogens is 166 g/mol. The van der Waals surface area contributed by atoms with Gasteiger partial charge in [0.25, 0.3) is 0 Å². The largest absolute Gasteiger partial charge is 0.469 e. The van der Waals surface area contributed by atoms with Gasteiger partial charge in [-0.1, -0.05) is 13.8 Å². The lowest BCUT2D eigenvalue weighted by Gasteiger charge is -2.45. The van der Waals surface area contributed by atoms with Crippen LogP contribution in [0.2, 0.25) is 0 Å². The third-order valence-corrected chi connectivity index (χ3v) is 2.87. The van der Waals surface area contributed by atoms with Gasteiger partial charge >= 0.3 is 5.97 Å². The highest BCUT2D eigenvalue weighted by Gasteiger charge is 2.39. The quantitative estimate of drug-likeness (QED) is 0.674. The van der Waals surface area contributed by atoms with Crippen LogP contribution in [0.3, 0.4) is 0 Å². The first kappa shape index (κ1) is 10.5. The summed E-state index contributed by atoms with van der Waals surface area (Å²) in [6.45, 7) is 4.46.